The number of carbonyl (C=O) groups excluding carboxylic acids is 2. The van der Waals surface area contributed by atoms with Gasteiger partial charge in [-0.1, -0.05) is 30.3 Å². The molecular weight excluding hydrogens is 298 g/mol. The number of thiazole rings is 1. The van der Waals surface area contributed by atoms with E-state index in [0.717, 1.165) is 11.4 Å². The average Bonchev–Trinajstić information content (AvgIpc) is 2.97. The van der Waals surface area contributed by atoms with Crippen molar-refractivity contribution in [2.24, 2.45) is 0 Å². The lowest BCUT2D eigenvalue weighted by atomic mass is 10.1. The summed E-state index contributed by atoms with van der Waals surface area (Å²) in [5.74, 6) is -0.301. The molecule has 5 nitrogen and oxygen atoms in total. The summed E-state index contributed by atoms with van der Waals surface area (Å²) >= 11 is 1.37. The number of aromatic nitrogens is 1. The van der Waals surface area contributed by atoms with Gasteiger partial charge in [0.05, 0.1) is 6.04 Å². The number of hydrogen-bond donors (Lipinski definition) is 2. The zero-order chi connectivity index (χ0) is 15.9. The molecule has 0 fully saturated rings. The predicted molar refractivity (Wildman–Crippen MR) is 86.8 cm³/mol. The van der Waals surface area contributed by atoms with E-state index in [1.54, 1.807) is 5.38 Å². The standard InChI is InChI=1S/C16H19N3O2S/c1-11(18-12(2)20)16-19-14(10-22-16)15(21)17-9-8-13-6-4-3-5-7-13/h3-7,10-11H,8-9H2,1-2H3,(H,17,21)(H,18,20)/t11-/m0/s1. The molecule has 2 N–H and O–H groups in total. The lowest BCUT2D eigenvalue weighted by Crippen LogP contribution is -2.26. The van der Waals surface area contributed by atoms with Gasteiger partial charge in [-0.2, -0.15) is 0 Å². The quantitative estimate of drug-likeness (QED) is 0.859. The Morgan fingerprint density at radius 2 is 2.00 bits per heavy atom. The minimum Gasteiger partial charge on any atom is -0.350 e. The van der Waals surface area contributed by atoms with Gasteiger partial charge < -0.3 is 10.6 Å². The highest BCUT2D eigenvalue weighted by Gasteiger charge is 2.15. The molecule has 2 aromatic rings. The Morgan fingerprint density at radius 1 is 1.27 bits per heavy atom. The number of nitrogens with zero attached hydrogens (tertiary/aromatic N) is 1. The minimum atomic E-state index is -0.187. The third kappa shape index (κ3) is 4.66. The van der Waals surface area contributed by atoms with Crippen molar-refractivity contribution in [1.29, 1.82) is 0 Å². The van der Waals surface area contributed by atoms with Crippen LogP contribution in [-0.4, -0.2) is 23.3 Å². The zero-order valence-electron chi connectivity index (χ0n) is 12.6. The van der Waals surface area contributed by atoms with Gasteiger partial charge in [-0.25, -0.2) is 4.98 Å². The Morgan fingerprint density at radius 3 is 2.68 bits per heavy atom. The summed E-state index contributed by atoms with van der Waals surface area (Å²) in [7, 11) is 0. The van der Waals surface area contributed by atoms with Gasteiger partial charge in [-0.3, -0.25) is 9.59 Å². The number of amides is 2. The molecule has 1 heterocycles. The maximum Gasteiger partial charge on any atom is 0.270 e. The highest BCUT2D eigenvalue weighted by molar-refractivity contribution is 7.09. The molecule has 22 heavy (non-hydrogen) atoms. The van der Waals surface area contributed by atoms with Crippen LogP contribution >= 0.6 is 11.3 Å². The molecule has 0 saturated carbocycles. The van der Waals surface area contributed by atoms with Crippen molar-refractivity contribution in [3.8, 4) is 0 Å². The Labute approximate surface area is 133 Å². The van der Waals surface area contributed by atoms with E-state index in [1.165, 1.54) is 23.8 Å². The first kappa shape index (κ1) is 16.2. The number of carbonyl (C=O) groups is 2. The Kier molecular flexibility index (Phi) is 5.66. The molecule has 0 aliphatic carbocycles. The fraction of sp³-hybridized carbons (Fsp3) is 0.312. The fourth-order valence-corrected chi connectivity index (χ4v) is 2.82. The van der Waals surface area contributed by atoms with Gasteiger partial charge in [0.25, 0.3) is 5.91 Å². The van der Waals surface area contributed by atoms with E-state index in [9.17, 15) is 9.59 Å². The van der Waals surface area contributed by atoms with E-state index >= 15 is 0 Å². The van der Waals surface area contributed by atoms with E-state index in [2.05, 4.69) is 15.6 Å². The van der Waals surface area contributed by atoms with E-state index in [-0.39, 0.29) is 17.9 Å². The molecule has 0 saturated heterocycles. The SMILES string of the molecule is CC(=O)N[C@@H](C)c1nc(C(=O)NCCc2ccccc2)cs1. The van der Waals surface area contributed by atoms with Gasteiger partial charge in [0.1, 0.15) is 10.7 Å². The number of benzene rings is 1. The van der Waals surface area contributed by atoms with Crippen LogP contribution in [0.1, 0.15) is 40.9 Å². The molecule has 0 spiro atoms. The highest BCUT2D eigenvalue weighted by Crippen LogP contribution is 2.17. The number of hydrogen-bond acceptors (Lipinski definition) is 4. The molecular formula is C16H19N3O2S. The maximum atomic E-state index is 12.0. The second kappa shape index (κ2) is 7.70. The van der Waals surface area contributed by atoms with Crippen LogP contribution in [0.5, 0.6) is 0 Å². The van der Waals surface area contributed by atoms with Crippen molar-refractivity contribution in [3.05, 3.63) is 52.0 Å². The summed E-state index contributed by atoms with van der Waals surface area (Å²) in [5.41, 5.74) is 1.58. The Bertz CT molecular complexity index is 640. The molecule has 1 atom stereocenters. The topological polar surface area (TPSA) is 71.1 Å². The predicted octanol–water partition coefficient (Wildman–Crippen LogP) is 2.31. The average molecular weight is 317 g/mol. The molecule has 0 aliphatic heterocycles. The van der Waals surface area contributed by atoms with Crippen LogP contribution in [0.3, 0.4) is 0 Å². The van der Waals surface area contributed by atoms with Crippen molar-refractivity contribution in [2.75, 3.05) is 6.54 Å². The van der Waals surface area contributed by atoms with Crippen LogP contribution in [0, 0.1) is 0 Å². The smallest absolute Gasteiger partial charge is 0.270 e. The van der Waals surface area contributed by atoms with Gasteiger partial charge in [0, 0.05) is 18.8 Å². The molecule has 2 amide bonds. The molecule has 2 rings (SSSR count). The summed E-state index contributed by atoms with van der Waals surface area (Å²) in [6, 6.07) is 9.80. The summed E-state index contributed by atoms with van der Waals surface area (Å²) in [6.07, 6.45) is 0.784. The van der Waals surface area contributed by atoms with Crippen molar-refractivity contribution >= 4 is 23.2 Å². The first-order valence-corrected chi connectivity index (χ1v) is 7.99. The third-order valence-electron chi connectivity index (χ3n) is 3.09. The molecule has 116 valence electrons. The highest BCUT2D eigenvalue weighted by atomic mass is 32.1. The van der Waals surface area contributed by atoms with Gasteiger partial charge in [0.2, 0.25) is 5.91 Å². The molecule has 1 aromatic heterocycles. The van der Waals surface area contributed by atoms with E-state index in [1.807, 2.05) is 37.3 Å². The van der Waals surface area contributed by atoms with Crippen LogP contribution in [-0.2, 0) is 11.2 Å². The third-order valence-corrected chi connectivity index (χ3v) is 4.11. The molecule has 0 radical (unpaired) electrons. The first-order chi connectivity index (χ1) is 10.6. The van der Waals surface area contributed by atoms with E-state index in [4.69, 9.17) is 0 Å². The number of nitrogens with one attached hydrogen (secondary N) is 2. The van der Waals surface area contributed by atoms with Crippen LogP contribution in [0.15, 0.2) is 35.7 Å². The molecule has 1 aromatic carbocycles. The van der Waals surface area contributed by atoms with Crippen LogP contribution in [0.25, 0.3) is 0 Å². The monoisotopic (exact) mass is 317 g/mol. The summed E-state index contributed by atoms with van der Waals surface area (Å²) in [6.45, 7) is 3.87. The minimum absolute atomic E-state index is 0.114. The van der Waals surface area contributed by atoms with Crippen LogP contribution in [0.4, 0.5) is 0 Å². The van der Waals surface area contributed by atoms with Crippen molar-refractivity contribution in [2.45, 2.75) is 26.3 Å². The van der Waals surface area contributed by atoms with Crippen molar-refractivity contribution in [1.82, 2.24) is 15.6 Å². The Balaban J connectivity index is 1.85. The molecule has 0 aliphatic rings. The van der Waals surface area contributed by atoms with Gasteiger partial charge in [0.15, 0.2) is 0 Å². The summed E-state index contributed by atoms with van der Waals surface area (Å²) < 4.78 is 0. The number of rotatable bonds is 6. The fourth-order valence-electron chi connectivity index (χ4n) is 2.01. The largest absolute Gasteiger partial charge is 0.350 e. The molecule has 6 heteroatoms. The first-order valence-electron chi connectivity index (χ1n) is 7.11. The van der Waals surface area contributed by atoms with Crippen LogP contribution in [0.2, 0.25) is 0 Å². The Hall–Kier alpha value is -2.21. The second-order valence-electron chi connectivity index (χ2n) is 4.98. The van der Waals surface area contributed by atoms with Crippen LogP contribution < -0.4 is 10.6 Å². The van der Waals surface area contributed by atoms with Gasteiger partial charge in [-0.05, 0) is 18.9 Å². The molecule has 0 unspecified atom stereocenters. The maximum absolute atomic E-state index is 12.0. The van der Waals surface area contributed by atoms with Gasteiger partial charge >= 0.3 is 0 Å². The lowest BCUT2D eigenvalue weighted by molar-refractivity contribution is -0.119. The summed E-state index contributed by atoms with van der Waals surface area (Å²) in [5, 5.41) is 8.05. The summed E-state index contributed by atoms with van der Waals surface area (Å²) in [4.78, 5) is 27.3. The molecule has 0 bridgehead atoms. The van der Waals surface area contributed by atoms with Crippen molar-refractivity contribution in [3.63, 3.8) is 0 Å². The lowest BCUT2D eigenvalue weighted by Gasteiger charge is -2.08. The van der Waals surface area contributed by atoms with E-state index < -0.39 is 0 Å². The van der Waals surface area contributed by atoms with Gasteiger partial charge in [-0.15, -0.1) is 11.3 Å². The van der Waals surface area contributed by atoms with Crippen molar-refractivity contribution < 1.29 is 9.59 Å². The van der Waals surface area contributed by atoms with E-state index in [0.29, 0.717) is 12.2 Å². The zero-order valence-corrected chi connectivity index (χ0v) is 13.4. The normalized spacial score (nSPS) is 11.7. The second-order valence-corrected chi connectivity index (χ2v) is 5.87.